The van der Waals surface area contributed by atoms with Crippen LogP contribution in [0.3, 0.4) is 0 Å². The first-order valence-electron chi connectivity index (χ1n) is 13.1. The van der Waals surface area contributed by atoms with E-state index >= 15 is 0 Å². The number of nitrogens with one attached hydrogen (secondary N) is 1. The SMILES string of the molecule is CC[C@@]1(OC(=O)CCC(=O)O)C(=O)OCc2c1cc1n(c2=O)CC2=C(/C=N/OC(C)(C)C)c3ccccc3NC21. The number of allylic oxidation sites excluding steroid dienone is 1. The van der Waals surface area contributed by atoms with Crippen LogP contribution in [0.2, 0.25) is 0 Å². The number of esters is 2. The van der Waals surface area contributed by atoms with Crippen molar-refractivity contribution in [1.29, 1.82) is 0 Å². The predicted molar refractivity (Wildman–Crippen MR) is 144 cm³/mol. The summed E-state index contributed by atoms with van der Waals surface area (Å²) in [7, 11) is 0. The van der Waals surface area contributed by atoms with Gasteiger partial charge in [-0.05, 0) is 44.9 Å². The topological polar surface area (TPSA) is 146 Å². The highest BCUT2D eigenvalue weighted by atomic mass is 16.6. The molecule has 1 aromatic carbocycles. The van der Waals surface area contributed by atoms with Gasteiger partial charge in [-0.1, -0.05) is 30.3 Å². The fourth-order valence-electron chi connectivity index (χ4n) is 5.34. The molecule has 1 unspecified atom stereocenters. The van der Waals surface area contributed by atoms with Gasteiger partial charge in [-0.15, -0.1) is 0 Å². The van der Waals surface area contributed by atoms with Gasteiger partial charge in [0.25, 0.3) is 5.56 Å². The Balaban J connectivity index is 1.62. The molecule has 3 aliphatic rings. The van der Waals surface area contributed by atoms with Gasteiger partial charge in [0.2, 0.25) is 5.60 Å². The molecule has 0 radical (unpaired) electrons. The van der Waals surface area contributed by atoms with Crippen molar-refractivity contribution >= 4 is 35.4 Å². The third-order valence-electron chi connectivity index (χ3n) is 7.22. The van der Waals surface area contributed by atoms with E-state index in [9.17, 15) is 19.2 Å². The van der Waals surface area contributed by atoms with E-state index in [0.29, 0.717) is 5.69 Å². The van der Waals surface area contributed by atoms with E-state index in [-0.39, 0.29) is 36.3 Å². The van der Waals surface area contributed by atoms with Crippen molar-refractivity contribution in [2.45, 2.75) is 77.4 Å². The van der Waals surface area contributed by atoms with Crippen molar-refractivity contribution in [2.24, 2.45) is 5.16 Å². The van der Waals surface area contributed by atoms with Crippen molar-refractivity contribution in [3.05, 3.63) is 68.6 Å². The molecule has 11 nitrogen and oxygen atoms in total. The summed E-state index contributed by atoms with van der Waals surface area (Å²) >= 11 is 0. The van der Waals surface area contributed by atoms with E-state index in [1.54, 1.807) is 23.8 Å². The van der Waals surface area contributed by atoms with Crippen LogP contribution in [0.1, 0.15) is 75.4 Å². The largest absolute Gasteiger partial charge is 0.481 e. The number of rotatable bonds is 7. The maximum atomic E-state index is 13.8. The molecule has 2 atom stereocenters. The first-order chi connectivity index (χ1) is 18.9. The van der Waals surface area contributed by atoms with Crippen molar-refractivity contribution in [1.82, 2.24) is 4.57 Å². The van der Waals surface area contributed by atoms with Crippen LogP contribution in [0, 0.1) is 0 Å². The smallest absolute Gasteiger partial charge is 0.355 e. The van der Waals surface area contributed by atoms with Gasteiger partial charge in [0.15, 0.2) is 0 Å². The molecule has 3 aliphatic heterocycles. The molecule has 0 bridgehead atoms. The zero-order valence-corrected chi connectivity index (χ0v) is 22.8. The maximum absolute atomic E-state index is 13.8. The number of carboxylic acids is 1. The molecule has 0 saturated carbocycles. The number of hydrogen-bond donors (Lipinski definition) is 2. The second-order valence-electron chi connectivity index (χ2n) is 11.0. The van der Waals surface area contributed by atoms with Gasteiger partial charge in [-0.2, -0.15) is 0 Å². The minimum absolute atomic E-state index is 0.00616. The first-order valence-corrected chi connectivity index (χ1v) is 13.1. The number of nitrogens with zero attached hydrogens (tertiary/aromatic N) is 2. The fourth-order valence-corrected chi connectivity index (χ4v) is 5.34. The van der Waals surface area contributed by atoms with Crippen LogP contribution < -0.4 is 10.9 Å². The molecule has 0 aliphatic carbocycles. The summed E-state index contributed by atoms with van der Waals surface area (Å²) in [6, 6.07) is 9.03. The molecule has 0 amide bonds. The first kappa shape index (κ1) is 27.2. The fraction of sp³-hybridized carbons (Fsp3) is 0.414. The Bertz CT molecular complexity index is 1530. The number of anilines is 1. The zero-order chi connectivity index (χ0) is 28.8. The molecule has 40 heavy (non-hydrogen) atoms. The van der Waals surface area contributed by atoms with Crippen LogP contribution in [-0.2, 0) is 47.4 Å². The summed E-state index contributed by atoms with van der Waals surface area (Å²) in [5.74, 6) is -2.82. The molecular formula is C29H31N3O8. The summed E-state index contributed by atoms with van der Waals surface area (Å²) in [5.41, 5.74) is 1.86. The van der Waals surface area contributed by atoms with Gasteiger partial charge < -0.3 is 29.3 Å². The molecule has 210 valence electrons. The number of aliphatic carboxylic acids is 1. The second kappa shape index (κ2) is 9.96. The summed E-state index contributed by atoms with van der Waals surface area (Å²) in [4.78, 5) is 56.1. The standard InChI is InChI=1S/C29H31N3O8/c1-5-29(39-24(35)11-10-23(33)34)20-12-22-25-18(14-32(22)26(36)19(20)15-38-27(29)37)17(13-30-40-28(2,3)4)16-8-6-7-9-21(16)31-25/h6-9,12-13,25,31H,5,10-11,14-15H2,1-4H3,(H,33,34)/b30-13+/t25?,29-/m0/s1. The van der Waals surface area contributed by atoms with Gasteiger partial charge in [0.1, 0.15) is 12.2 Å². The normalized spacial score (nSPS) is 21.1. The number of carbonyl (C=O) groups excluding carboxylic acids is 2. The highest BCUT2D eigenvalue weighted by molar-refractivity contribution is 6.14. The van der Waals surface area contributed by atoms with E-state index in [1.807, 2.05) is 45.0 Å². The number of carbonyl (C=O) groups is 3. The van der Waals surface area contributed by atoms with Gasteiger partial charge >= 0.3 is 17.9 Å². The molecule has 4 heterocycles. The van der Waals surface area contributed by atoms with Crippen LogP contribution in [0.5, 0.6) is 0 Å². The highest BCUT2D eigenvalue weighted by Gasteiger charge is 2.51. The van der Waals surface area contributed by atoms with E-state index in [1.165, 1.54) is 0 Å². The average Bonchev–Trinajstić information content (AvgIpc) is 3.27. The predicted octanol–water partition coefficient (Wildman–Crippen LogP) is 3.65. The summed E-state index contributed by atoms with van der Waals surface area (Å²) in [6.45, 7) is 7.36. The zero-order valence-electron chi connectivity index (χ0n) is 22.8. The lowest BCUT2D eigenvalue weighted by Crippen LogP contribution is -2.47. The lowest BCUT2D eigenvalue weighted by molar-refractivity contribution is -0.189. The van der Waals surface area contributed by atoms with Crippen molar-refractivity contribution in [3.63, 3.8) is 0 Å². The van der Waals surface area contributed by atoms with E-state index < -0.39 is 48.0 Å². The number of hydrogen-bond acceptors (Lipinski definition) is 9. The number of carboxylic acid groups (broad SMARTS) is 1. The molecule has 11 heteroatoms. The van der Waals surface area contributed by atoms with Crippen LogP contribution in [0.4, 0.5) is 5.69 Å². The Morgan fingerprint density at radius 2 is 2.00 bits per heavy atom. The Morgan fingerprint density at radius 1 is 1.25 bits per heavy atom. The highest BCUT2D eigenvalue weighted by Crippen LogP contribution is 2.46. The summed E-state index contributed by atoms with van der Waals surface area (Å²) in [5, 5.41) is 16.7. The van der Waals surface area contributed by atoms with E-state index in [0.717, 1.165) is 22.4 Å². The molecule has 5 rings (SSSR count). The van der Waals surface area contributed by atoms with Crippen LogP contribution >= 0.6 is 0 Å². The van der Waals surface area contributed by atoms with Crippen LogP contribution in [-0.4, -0.2) is 39.4 Å². The minimum atomic E-state index is -1.86. The van der Waals surface area contributed by atoms with E-state index in [2.05, 4.69) is 10.5 Å². The Morgan fingerprint density at radius 3 is 2.70 bits per heavy atom. The Kier molecular flexibility index (Phi) is 6.77. The molecule has 0 fully saturated rings. The number of benzene rings is 1. The number of oxime groups is 1. The summed E-state index contributed by atoms with van der Waals surface area (Å²) < 4.78 is 12.6. The number of para-hydroxylation sites is 1. The maximum Gasteiger partial charge on any atom is 0.355 e. The molecule has 2 N–H and O–H groups in total. The summed E-state index contributed by atoms with van der Waals surface area (Å²) in [6.07, 6.45) is 0.802. The molecular weight excluding hydrogens is 518 g/mol. The molecule has 2 aromatic rings. The minimum Gasteiger partial charge on any atom is -0.481 e. The van der Waals surface area contributed by atoms with E-state index in [4.69, 9.17) is 19.4 Å². The number of cyclic esters (lactones) is 1. The van der Waals surface area contributed by atoms with Crippen molar-refractivity contribution in [2.75, 3.05) is 5.32 Å². The third kappa shape index (κ3) is 4.65. The molecule has 1 aromatic heterocycles. The van der Waals surface area contributed by atoms with Crippen molar-refractivity contribution in [3.8, 4) is 0 Å². The number of aromatic nitrogens is 1. The number of ether oxygens (including phenoxy) is 2. The van der Waals surface area contributed by atoms with Crippen LogP contribution in [0.15, 0.2) is 45.9 Å². The lowest BCUT2D eigenvalue weighted by atomic mass is 9.84. The Labute approximate surface area is 230 Å². The van der Waals surface area contributed by atoms with Gasteiger partial charge in [-0.3, -0.25) is 14.4 Å². The third-order valence-corrected chi connectivity index (χ3v) is 7.22. The van der Waals surface area contributed by atoms with Gasteiger partial charge in [-0.25, -0.2) is 4.79 Å². The van der Waals surface area contributed by atoms with Crippen LogP contribution in [0.25, 0.3) is 5.57 Å². The average molecular weight is 550 g/mol. The lowest BCUT2D eigenvalue weighted by Gasteiger charge is -2.36. The number of pyridine rings is 1. The van der Waals surface area contributed by atoms with Gasteiger partial charge in [0, 0.05) is 28.1 Å². The second-order valence-corrected chi connectivity index (χ2v) is 11.0. The quantitative estimate of drug-likeness (QED) is 0.300. The number of fused-ring (bicyclic) bond motifs is 5. The molecule has 0 saturated heterocycles. The molecule has 0 spiro atoms. The van der Waals surface area contributed by atoms with Gasteiger partial charge in [0.05, 0.1) is 37.2 Å². The Hall–Kier alpha value is -4.41. The van der Waals surface area contributed by atoms with Crippen molar-refractivity contribution < 1.29 is 33.8 Å². The monoisotopic (exact) mass is 549 g/mol.